The molecule has 0 spiro atoms. The normalized spacial score (nSPS) is 14.1. The summed E-state index contributed by atoms with van der Waals surface area (Å²) in [7, 11) is 0. The Kier molecular flexibility index (Phi) is 4.87. The third-order valence-electron chi connectivity index (χ3n) is 4.17. The van der Waals surface area contributed by atoms with Gasteiger partial charge in [-0.05, 0) is 43.5 Å². The van der Waals surface area contributed by atoms with E-state index in [0.717, 1.165) is 31.6 Å². The van der Waals surface area contributed by atoms with E-state index in [9.17, 15) is 4.79 Å². The highest BCUT2D eigenvalue weighted by molar-refractivity contribution is 6.31. The predicted octanol–water partition coefficient (Wildman–Crippen LogP) is 4.50. The first-order valence-corrected chi connectivity index (χ1v) is 8.39. The Morgan fingerprint density at radius 1 is 1.17 bits per heavy atom. The highest BCUT2D eigenvalue weighted by Crippen LogP contribution is 2.24. The molecule has 1 amide bonds. The van der Waals surface area contributed by atoms with Crippen molar-refractivity contribution < 1.29 is 4.79 Å². The topological polar surface area (TPSA) is 32.3 Å². The first-order chi connectivity index (χ1) is 11.1. The molecule has 0 aromatic heterocycles. The minimum absolute atomic E-state index is 0.0664. The summed E-state index contributed by atoms with van der Waals surface area (Å²) in [6.07, 6.45) is 2.16. The van der Waals surface area contributed by atoms with Crippen LogP contribution in [0.5, 0.6) is 0 Å². The van der Waals surface area contributed by atoms with Gasteiger partial charge in [-0.1, -0.05) is 41.4 Å². The van der Waals surface area contributed by atoms with Crippen molar-refractivity contribution in [2.45, 2.75) is 26.3 Å². The molecule has 1 aliphatic rings. The molecule has 2 aromatic carbocycles. The molecule has 4 heteroatoms. The van der Waals surface area contributed by atoms with Gasteiger partial charge in [-0.15, -0.1) is 0 Å². The number of nitrogens with one attached hydrogen (secondary N) is 1. The fourth-order valence-corrected chi connectivity index (χ4v) is 3.13. The molecule has 0 unspecified atom stereocenters. The lowest BCUT2D eigenvalue weighted by Crippen LogP contribution is -2.28. The van der Waals surface area contributed by atoms with Gasteiger partial charge >= 0.3 is 0 Å². The third kappa shape index (κ3) is 3.85. The van der Waals surface area contributed by atoms with E-state index in [1.54, 1.807) is 6.07 Å². The quantitative estimate of drug-likeness (QED) is 0.896. The second-order valence-electron chi connectivity index (χ2n) is 6.03. The molecule has 0 aliphatic carbocycles. The Labute approximate surface area is 142 Å². The van der Waals surface area contributed by atoms with Gasteiger partial charge in [0.25, 0.3) is 5.91 Å². The van der Waals surface area contributed by atoms with Gasteiger partial charge < -0.3 is 10.2 Å². The number of anilines is 1. The molecular formula is C19H21ClN2O. The molecule has 1 N–H and O–H groups in total. The highest BCUT2D eigenvalue weighted by Gasteiger charge is 2.22. The molecule has 1 fully saturated rings. The molecule has 120 valence electrons. The highest BCUT2D eigenvalue weighted by atomic mass is 35.5. The van der Waals surface area contributed by atoms with Crippen molar-refractivity contribution in [2.75, 3.05) is 18.4 Å². The van der Waals surface area contributed by atoms with Gasteiger partial charge in [-0.2, -0.15) is 0 Å². The minimum atomic E-state index is 0.0664. The van der Waals surface area contributed by atoms with Gasteiger partial charge in [-0.3, -0.25) is 4.79 Å². The molecule has 1 heterocycles. The molecule has 3 nitrogen and oxygen atoms in total. The van der Waals surface area contributed by atoms with Crippen molar-refractivity contribution in [3.05, 3.63) is 64.2 Å². The van der Waals surface area contributed by atoms with Gasteiger partial charge in [0.05, 0.1) is 5.56 Å². The number of hydrogen-bond donors (Lipinski definition) is 1. The summed E-state index contributed by atoms with van der Waals surface area (Å²) >= 11 is 6.11. The Morgan fingerprint density at radius 3 is 2.70 bits per heavy atom. The fourth-order valence-electron chi connectivity index (χ4n) is 2.96. The van der Waals surface area contributed by atoms with E-state index < -0.39 is 0 Å². The maximum atomic E-state index is 12.7. The molecule has 0 saturated carbocycles. The number of aryl methyl sites for hydroxylation is 1. The maximum Gasteiger partial charge on any atom is 0.256 e. The molecule has 0 atom stereocenters. The van der Waals surface area contributed by atoms with Crippen LogP contribution >= 0.6 is 11.6 Å². The molecule has 0 bridgehead atoms. The van der Waals surface area contributed by atoms with Crippen molar-refractivity contribution in [3.63, 3.8) is 0 Å². The molecule has 0 radical (unpaired) electrons. The van der Waals surface area contributed by atoms with Gasteiger partial charge in [0.15, 0.2) is 0 Å². The summed E-state index contributed by atoms with van der Waals surface area (Å²) in [5, 5.41) is 3.97. The van der Waals surface area contributed by atoms with Gasteiger partial charge in [0.1, 0.15) is 0 Å². The van der Waals surface area contributed by atoms with Gasteiger partial charge in [0, 0.05) is 30.3 Å². The minimum Gasteiger partial charge on any atom is -0.380 e. The fraction of sp³-hybridized carbons (Fsp3) is 0.316. The number of rotatable bonds is 4. The first kappa shape index (κ1) is 15.9. The standard InChI is InChI=1S/C19H21ClN2O/c1-14-5-4-6-15(11-14)13-21-18-8-7-16(20)12-17(18)19(23)22-9-2-3-10-22/h4-8,11-12,21H,2-3,9-10,13H2,1H3. The number of carbonyl (C=O) groups is 1. The molecule has 1 saturated heterocycles. The summed E-state index contributed by atoms with van der Waals surface area (Å²) in [6, 6.07) is 13.8. The van der Waals surface area contributed by atoms with Crippen LogP contribution in [-0.4, -0.2) is 23.9 Å². The van der Waals surface area contributed by atoms with Crippen LogP contribution in [0.1, 0.15) is 34.3 Å². The van der Waals surface area contributed by atoms with Crippen LogP contribution in [0.25, 0.3) is 0 Å². The number of nitrogens with zero attached hydrogens (tertiary/aromatic N) is 1. The van der Waals surface area contributed by atoms with Crippen LogP contribution in [0.2, 0.25) is 5.02 Å². The molecule has 3 rings (SSSR count). The third-order valence-corrected chi connectivity index (χ3v) is 4.41. The largest absolute Gasteiger partial charge is 0.380 e. The average Bonchev–Trinajstić information content (AvgIpc) is 3.07. The number of amides is 1. The van der Waals surface area contributed by atoms with Gasteiger partial charge in [0.2, 0.25) is 0 Å². The van der Waals surface area contributed by atoms with E-state index in [0.29, 0.717) is 17.1 Å². The smallest absolute Gasteiger partial charge is 0.256 e. The molecular weight excluding hydrogens is 308 g/mol. The molecule has 2 aromatic rings. The Morgan fingerprint density at radius 2 is 1.96 bits per heavy atom. The zero-order chi connectivity index (χ0) is 16.2. The monoisotopic (exact) mass is 328 g/mol. The predicted molar refractivity (Wildman–Crippen MR) is 95.1 cm³/mol. The first-order valence-electron chi connectivity index (χ1n) is 8.02. The summed E-state index contributed by atoms with van der Waals surface area (Å²) in [5.74, 6) is 0.0664. The van der Waals surface area contributed by atoms with Crippen LogP contribution < -0.4 is 5.32 Å². The van der Waals surface area contributed by atoms with E-state index in [2.05, 4.69) is 30.4 Å². The lowest BCUT2D eigenvalue weighted by Gasteiger charge is -2.19. The van der Waals surface area contributed by atoms with Crippen LogP contribution in [0.15, 0.2) is 42.5 Å². The average molecular weight is 329 g/mol. The van der Waals surface area contributed by atoms with Crippen LogP contribution in [-0.2, 0) is 6.54 Å². The van der Waals surface area contributed by atoms with E-state index in [4.69, 9.17) is 11.6 Å². The van der Waals surface area contributed by atoms with Crippen molar-refractivity contribution in [3.8, 4) is 0 Å². The van der Waals surface area contributed by atoms with Crippen LogP contribution in [0.4, 0.5) is 5.69 Å². The second-order valence-corrected chi connectivity index (χ2v) is 6.47. The number of halogens is 1. The summed E-state index contributed by atoms with van der Waals surface area (Å²) < 4.78 is 0. The maximum absolute atomic E-state index is 12.7. The number of benzene rings is 2. The summed E-state index contributed by atoms with van der Waals surface area (Å²) in [4.78, 5) is 14.6. The zero-order valence-electron chi connectivity index (χ0n) is 13.3. The number of hydrogen-bond acceptors (Lipinski definition) is 2. The van der Waals surface area contributed by atoms with Crippen molar-refractivity contribution in [1.82, 2.24) is 4.90 Å². The van der Waals surface area contributed by atoms with Crippen molar-refractivity contribution >= 4 is 23.2 Å². The van der Waals surface area contributed by atoms with Crippen molar-refractivity contribution in [1.29, 1.82) is 0 Å². The summed E-state index contributed by atoms with van der Waals surface area (Å²) in [6.45, 7) is 4.43. The van der Waals surface area contributed by atoms with E-state index in [-0.39, 0.29) is 5.91 Å². The van der Waals surface area contributed by atoms with E-state index in [1.807, 2.05) is 23.1 Å². The zero-order valence-corrected chi connectivity index (χ0v) is 14.1. The lowest BCUT2D eigenvalue weighted by atomic mass is 10.1. The van der Waals surface area contributed by atoms with E-state index in [1.165, 1.54) is 11.1 Å². The Bertz CT molecular complexity index is 708. The molecule has 1 aliphatic heterocycles. The Balaban J connectivity index is 1.79. The van der Waals surface area contributed by atoms with Crippen molar-refractivity contribution in [2.24, 2.45) is 0 Å². The number of likely N-dealkylation sites (tertiary alicyclic amines) is 1. The van der Waals surface area contributed by atoms with Gasteiger partial charge in [-0.25, -0.2) is 0 Å². The molecule has 23 heavy (non-hydrogen) atoms. The van der Waals surface area contributed by atoms with E-state index >= 15 is 0 Å². The second kappa shape index (κ2) is 7.05. The van der Waals surface area contributed by atoms with Crippen LogP contribution in [0, 0.1) is 6.92 Å². The Hall–Kier alpha value is -2.00. The number of carbonyl (C=O) groups excluding carboxylic acids is 1. The van der Waals surface area contributed by atoms with Crippen LogP contribution in [0.3, 0.4) is 0 Å². The summed E-state index contributed by atoms with van der Waals surface area (Å²) in [5.41, 5.74) is 3.92. The SMILES string of the molecule is Cc1cccc(CNc2ccc(Cl)cc2C(=O)N2CCCC2)c1. The lowest BCUT2D eigenvalue weighted by molar-refractivity contribution is 0.0793.